The number of benzene rings is 1. The van der Waals surface area contributed by atoms with Gasteiger partial charge in [0.15, 0.2) is 5.82 Å². The molecule has 7 heteroatoms. The molecule has 3 heterocycles. The predicted molar refractivity (Wildman–Crippen MR) is 96.3 cm³/mol. The molecule has 0 saturated carbocycles. The van der Waals surface area contributed by atoms with Crippen LogP contribution in [0.25, 0.3) is 0 Å². The van der Waals surface area contributed by atoms with E-state index in [-0.39, 0.29) is 11.8 Å². The van der Waals surface area contributed by atoms with Gasteiger partial charge in [-0.3, -0.25) is 9.59 Å². The Morgan fingerprint density at radius 1 is 1.04 bits per heavy atom. The highest BCUT2D eigenvalue weighted by molar-refractivity contribution is 6.03. The van der Waals surface area contributed by atoms with Crippen LogP contribution in [0.2, 0.25) is 0 Å². The first kappa shape index (κ1) is 16.8. The maximum absolute atomic E-state index is 12.9. The maximum Gasteiger partial charge on any atom is 0.291 e. The minimum atomic E-state index is -0.277. The fourth-order valence-electron chi connectivity index (χ4n) is 3.51. The number of rotatable bonds is 3. The Kier molecular flexibility index (Phi) is 4.71. The van der Waals surface area contributed by atoms with Gasteiger partial charge in [0.1, 0.15) is 5.69 Å². The van der Waals surface area contributed by atoms with Crippen LogP contribution in [0.4, 0.5) is 5.69 Å². The number of anilines is 1. The third-order valence-corrected chi connectivity index (χ3v) is 4.85. The number of ether oxygens (including phenoxy) is 1. The molecule has 0 unspecified atom stereocenters. The summed E-state index contributed by atoms with van der Waals surface area (Å²) in [5.41, 5.74) is 2.02. The molecule has 1 saturated heterocycles. The van der Waals surface area contributed by atoms with Crippen LogP contribution in [0.1, 0.15) is 39.6 Å². The van der Waals surface area contributed by atoms with Crippen molar-refractivity contribution < 1.29 is 14.3 Å². The molecule has 0 aliphatic carbocycles. The van der Waals surface area contributed by atoms with Gasteiger partial charge in [0.2, 0.25) is 0 Å². The van der Waals surface area contributed by atoms with E-state index in [1.54, 1.807) is 4.90 Å². The number of nitrogens with zero attached hydrogens (tertiary/aromatic N) is 3. The van der Waals surface area contributed by atoms with Gasteiger partial charge in [-0.05, 0) is 31.4 Å². The van der Waals surface area contributed by atoms with Crippen LogP contribution in [0.3, 0.4) is 0 Å². The molecule has 0 spiro atoms. The average molecular weight is 354 g/mol. The molecule has 1 N–H and O–H groups in total. The van der Waals surface area contributed by atoms with Crippen molar-refractivity contribution in [2.24, 2.45) is 0 Å². The first-order chi connectivity index (χ1) is 12.7. The molecule has 0 atom stereocenters. The van der Waals surface area contributed by atoms with Crippen molar-refractivity contribution in [3.63, 3.8) is 0 Å². The van der Waals surface area contributed by atoms with Crippen LogP contribution in [0.5, 0.6) is 0 Å². The Morgan fingerprint density at radius 3 is 2.58 bits per heavy atom. The number of aromatic nitrogens is 2. The highest BCUT2D eigenvalue weighted by Gasteiger charge is 2.30. The minimum absolute atomic E-state index is 0.0993. The second-order valence-electron chi connectivity index (χ2n) is 6.56. The van der Waals surface area contributed by atoms with E-state index in [9.17, 15) is 9.59 Å². The lowest BCUT2D eigenvalue weighted by Gasteiger charge is -2.26. The quantitative estimate of drug-likeness (QED) is 0.914. The first-order valence-corrected chi connectivity index (χ1v) is 9.07. The van der Waals surface area contributed by atoms with Gasteiger partial charge in [0.25, 0.3) is 11.8 Å². The number of fused-ring (bicyclic) bond motifs is 1. The summed E-state index contributed by atoms with van der Waals surface area (Å²) in [6.07, 6.45) is 2.77. The molecule has 1 aromatic heterocycles. The third-order valence-electron chi connectivity index (χ3n) is 4.85. The van der Waals surface area contributed by atoms with Gasteiger partial charge in [0, 0.05) is 25.3 Å². The Labute approximate surface area is 152 Å². The summed E-state index contributed by atoms with van der Waals surface area (Å²) in [5, 5.41) is 2.87. The largest absolute Gasteiger partial charge is 0.378 e. The molecule has 2 amide bonds. The van der Waals surface area contributed by atoms with Gasteiger partial charge in [-0.15, -0.1) is 0 Å². The number of imidazole rings is 1. The van der Waals surface area contributed by atoms with Crippen LogP contribution < -0.4 is 5.32 Å². The van der Waals surface area contributed by atoms with Gasteiger partial charge in [-0.25, -0.2) is 4.98 Å². The van der Waals surface area contributed by atoms with Gasteiger partial charge >= 0.3 is 0 Å². The van der Waals surface area contributed by atoms with E-state index in [0.717, 1.165) is 31.5 Å². The maximum atomic E-state index is 12.9. The summed E-state index contributed by atoms with van der Waals surface area (Å²) >= 11 is 0. The summed E-state index contributed by atoms with van der Waals surface area (Å²) < 4.78 is 7.24. The zero-order valence-corrected chi connectivity index (χ0v) is 14.6. The van der Waals surface area contributed by atoms with E-state index in [4.69, 9.17) is 4.74 Å². The smallest absolute Gasteiger partial charge is 0.291 e. The Hall–Kier alpha value is -2.67. The molecular weight excluding hydrogens is 332 g/mol. The van der Waals surface area contributed by atoms with E-state index in [2.05, 4.69) is 10.3 Å². The van der Waals surface area contributed by atoms with Crippen LogP contribution >= 0.6 is 0 Å². The zero-order chi connectivity index (χ0) is 17.9. The monoisotopic (exact) mass is 354 g/mol. The molecule has 7 nitrogen and oxygen atoms in total. The van der Waals surface area contributed by atoms with Gasteiger partial charge in [-0.1, -0.05) is 18.2 Å². The molecule has 136 valence electrons. The summed E-state index contributed by atoms with van der Waals surface area (Å²) in [6.45, 7) is 2.94. The molecular formula is C19H22N4O3. The Bertz CT molecular complexity index is 810. The molecule has 2 aromatic rings. The van der Waals surface area contributed by atoms with Crippen molar-refractivity contribution >= 4 is 17.5 Å². The second kappa shape index (κ2) is 7.29. The number of morpholine rings is 1. The van der Waals surface area contributed by atoms with Crippen molar-refractivity contribution in [2.75, 3.05) is 31.6 Å². The van der Waals surface area contributed by atoms with Crippen LogP contribution in [0.15, 0.2) is 30.3 Å². The lowest BCUT2D eigenvalue weighted by atomic mass is 10.1. The Morgan fingerprint density at radius 2 is 1.81 bits per heavy atom. The fourth-order valence-corrected chi connectivity index (χ4v) is 3.51. The summed E-state index contributed by atoms with van der Waals surface area (Å²) in [6, 6.07) is 9.29. The molecule has 1 aromatic carbocycles. The molecule has 0 bridgehead atoms. The van der Waals surface area contributed by atoms with E-state index in [1.165, 1.54) is 0 Å². The number of hydrogen-bond acceptors (Lipinski definition) is 4. The lowest BCUT2D eigenvalue weighted by Crippen LogP contribution is -2.41. The average Bonchev–Trinajstić information content (AvgIpc) is 3.09. The summed E-state index contributed by atoms with van der Waals surface area (Å²) in [4.78, 5) is 31.9. The normalized spacial score (nSPS) is 16.8. The molecule has 1 fully saturated rings. The van der Waals surface area contributed by atoms with Crippen LogP contribution in [-0.4, -0.2) is 52.6 Å². The summed E-state index contributed by atoms with van der Waals surface area (Å²) in [5.74, 6) is -0.0572. The van der Waals surface area contributed by atoms with Crippen molar-refractivity contribution in [2.45, 2.75) is 25.8 Å². The topological polar surface area (TPSA) is 76.5 Å². The molecule has 2 aliphatic heterocycles. The molecule has 0 radical (unpaired) electrons. The predicted octanol–water partition coefficient (Wildman–Crippen LogP) is 1.94. The van der Waals surface area contributed by atoms with Crippen LogP contribution in [0, 0.1) is 0 Å². The molecule has 4 rings (SSSR count). The number of carbonyl (C=O) groups is 2. The number of hydrogen-bond donors (Lipinski definition) is 1. The van der Waals surface area contributed by atoms with Crippen LogP contribution in [-0.2, 0) is 17.7 Å². The third kappa shape index (κ3) is 3.22. The van der Waals surface area contributed by atoms with Crippen molar-refractivity contribution in [3.8, 4) is 0 Å². The number of para-hydroxylation sites is 1. The molecule has 2 aliphatic rings. The van der Waals surface area contributed by atoms with E-state index in [1.807, 2.05) is 34.9 Å². The minimum Gasteiger partial charge on any atom is -0.378 e. The fraction of sp³-hybridized carbons (Fsp3) is 0.421. The number of carbonyl (C=O) groups excluding carboxylic acids is 2. The Balaban J connectivity index is 1.64. The standard InChI is InChI=1S/C19H22N4O3/c24-18(20-14-6-2-1-3-7-14)17-21-16(15-8-4-5-9-23(15)17)19(25)22-10-12-26-13-11-22/h1-3,6-7H,4-5,8-13H2,(H,20,24). The lowest BCUT2D eigenvalue weighted by molar-refractivity contribution is 0.0298. The number of amides is 2. The van der Waals surface area contributed by atoms with E-state index >= 15 is 0 Å². The first-order valence-electron chi connectivity index (χ1n) is 9.07. The highest BCUT2D eigenvalue weighted by Crippen LogP contribution is 2.23. The number of nitrogens with one attached hydrogen (secondary N) is 1. The summed E-state index contributed by atoms with van der Waals surface area (Å²) in [7, 11) is 0. The highest BCUT2D eigenvalue weighted by atomic mass is 16.5. The van der Waals surface area contributed by atoms with Crippen molar-refractivity contribution in [3.05, 3.63) is 47.5 Å². The SMILES string of the molecule is O=C(Nc1ccccc1)c1nc(C(=O)N2CCOCC2)c2n1CCCC2. The van der Waals surface area contributed by atoms with Gasteiger partial charge in [0.05, 0.1) is 18.9 Å². The van der Waals surface area contributed by atoms with Crippen molar-refractivity contribution in [1.82, 2.24) is 14.5 Å². The molecule has 26 heavy (non-hydrogen) atoms. The van der Waals surface area contributed by atoms with E-state index in [0.29, 0.717) is 43.5 Å². The van der Waals surface area contributed by atoms with Gasteiger partial charge < -0.3 is 19.5 Å². The van der Waals surface area contributed by atoms with Crippen molar-refractivity contribution in [1.29, 1.82) is 0 Å². The van der Waals surface area contributed by atoms with E-state index < -0.39 is 0 Å². The van der Waals surface area contributed by atoms with Gasteiger partial charge in [-0.2, -0.15) is 0 Å². The zero-order valence-electron chi connectivity index (χ0n) is 14.6. The second-order valence-corrected chi connectivity index (χ2v) is 6.56.